The van der Waals surface area contributed by atoms with Gasteiger partial charge in [0, 0.05) is 25.2 Å². The average molecular weight is 391 g/mol. The van der Waals surface area contributed by atoms with Gasteiger partial charge >= 0.3 is 0 Å². The third-order valence-electron chi connectivity index (χ3n) is 4.04. The SMILES string of the molecule is C=Cc1ccc(S(=O)(=O)OCCC(OCC)(OCC)c2ccccc2)cc1. The van der Waals surface area contributed by atoms with Gasteiger partial charge in [0.2, 0.25) is 0 Å². The Balaban J connectivity index is 2.15. The van der Waals surface area contributed by atoms with Crippen molar-refractivity contribution in [3.05, 3.63) is 72.3 Å². The van der Waals surface area contributed by atoms with Gasteiger partial charge in [0.15, 0.2) is 5.79 Å². The van der Waals surface area contributed by atoms with Crippen LogP contribution < -0.4 is 0 Å². The van der Waals surface area contributed by atoms with Crippen LogP contribution in [0.3, 0.4) is 0 Å². The molecule has 6 heteroatoms. The highest BCUT2D eigenvalue weighted by atomic mass is 32.2. The van der Waals surface area contributed by atoms with E-state index in [1.807, 2.05) is 44.2 Å². The number of benzene rings is 2. The minimum atomic E-state index is -3.87. The molecule has 0 saturated carbocycles. The molecule has 0 amide bonds. The van der Waals surface area contributed by atoms with Crippen molar-refractivity contribution in [3.63, 3.8) is 0 Å². The topological polar surface area (TPSA) is 61.8 Å². The van der Waals surface area contributed by atoms with Crippen LogP contribution >= 0.6 is 0 Å². The van der Waals surface area contributed by atoms with E-state index in [4.69, 9.17) is 13.7 Å². The Labute approximate surface area is 161 Å². The van der Waals surface area contributed by atoms with Gasteiger partial charge in [0.25, 0.3) is 10.1 Å². The summed E-state index contributed by atoms with van der Waals surface area (Å²) in [6, 6.07) is 15.8. The van der Waals surface area contributed by atoms with Crippen LogP contribution in [0.4, 0.5) is 0 Å². The van der Waals surface area contributed by atoms with Gasteiger partial charge in [-0.2, -0.15) is 8.42 Å². The first-order valence-electron chi connectivity index (χ1n) is 8.93. The van der Waals surface area contributed by atoms with Crippen molar-refractivity contribution in [1.29, 1.82) is 0 Å². The lowest BCUT2D eigenvalue weighted by atomic mass is 10.0. The van der Waals surface area contributed by atoms with Crippen LogP contribution in [0.25, 0.3) is 6.08 Å². The zero-order valence-electron chi connectivity index (χ0n) is 15.8. The fourth-order valence-electron chi connectivity index (χ4n) is 2.78. The molecule has 0 saturated heterocycles. The lowest BCUT2D eigenvalue weighted by Gasteiger charge is -2.33. The minimum absolute atomic E-state index is 0.0690. The number of hydrogen-bond donors (Lipinski definition) is 0. The zero-order chi connectivity index (χ0) is 19.8. The van der Waals surface area contributed by atoms with E-state index >= 15 is 0 Å². The van der Waals surface area contributed by atoms with Crippen LogP contribution in [0, 0.1) is 0 Å². The molecule has 2 aromatic rings. The summed E-state index contributed by atoms with van der Waals surface area (Å²) in [5, 5.41) is 0. The summed E-state index contributed by atoms with van der Waals surface area (Å²) < 4.78 is 41.9. The lowest BCUT2D eigenvalue weighted by Crippen LogP contribution is -2.35. The molecule has 5 nitrogen and oxygen atoms in total. The van der Waals surface area contributed by atoms with Gasteiger partial charge in [-0.05, 0) is 31.5 Å². The maximum atomic E-state index is 12.4. The molecule has 27 heavy (non-hydrogen) atoms. The third-order valence-corrected chi connectivity index (χ3v) is 5.37. The second kappa shape index (κ2) is 9.80. The van der Waals surface area contributed by atoms with Crippen molar-refractivity contribution >= 4 is 16.2 Å². The van der Waals surface area contributed by atoms with Crippen LogP contribution in [0.2, 0.25) is 0 Å². The van der Waals surface area contributed by atoms with Gasteiger partial charge in [-0.3, -0.25) is 4.18 Å². The molecule has 2 rings (SSSR count). The van der Waals surface area contributed by atoms with E-state index < -0.39 is 15.9 Å². The molecule has 0 aliphatic carbocycles. The maximum Gasteiger partial charge on any atom is 0.296 e. The highest BCUT2D eigenvalue weighted by Crippen LogP contribution is 2.32. The summed E-state index contributed by atoms with van der Waals surface area (Å²) >= 11 is 0. The van der Waals surface area contributed by atoms with Crippen molar-refractivity contribution in [3.8, 4) is 0 Å². The number of rotatable bonds is 11. The molecule has 0 spiro atoms. The summed E-state index contributed by atoms with van der Waals surface area (Å²) in [5.74, 6) is -1.05. The molecule has 0 N–H and O–H groups in total. The maximum absolute atomic E-state index is 12.4. The molecule has 2 aromatic carbocycles. The molecule has 0 atom stereocenters. The van der Waals surface area contributed by atoms with Crippen molar-refractivity contribution < 1.29 is 22.1 Å². The standard InChI is InChI=1S/C21H26O5S/c1-4-18-12-14-20(15-13-18)27(22,23)26-17-16-21(24-5-2,25-6-3)19-10-8-7-9-11-19/h4,7-15H,1,5-6,16-17H2,2-3H3. The molecule has 0 bridgehead atoms. The molecule has 0 heterocycles. The van der Waals surface area contributed by atoms with Gasteiger partial charge in [-0.1, -0.05) is 55.1 Å². The molecule has 0 unspecified atom stereocenters. The van der Waals surface area contributed by atoms with Crippen LogP contribution in [0.15, 0.2) is 66.1 Å². The van der Waals surface area contributed by atoms with Gasteiger partial charge in [-0.25, -0.2) is 0 Å². The summed E-state index contributed by atoms with van der Waals surface area (Å²) in [7, 11) is -3.87. The molecule has 0 aromatic heterocycles. The van der Waals surface area contributed by atoms with Crippen molar-refractivity contribution in [2.75, 3.05) is 19.8 Å². The molecular formula is C21H26O5S. The smallest absolute Gasteiger partial charge is 0.296 e. The van der Waals surface area contributed by atoms with Crippen LogP contribution in [-0.2, 0) is 29.6 Å². The molecular weight excluding hydrogens is 364 g/mol. The van der Waals surface area contributed by atoms with E-state index in [1.54, 1.807) is 18.2 Å². The molecule has 0 aliphatic heterocycles. The van der Waals surface area contributed by atoms with Gasteiger partial charge in [0.05, 0.1) is 11.5 Å². The number of hydrogen-bond acceptors (Lipinski definition) is 5. The Bertz CT molecular complexity index is 807. The zero-order valence-corrected chi connectivity index (χ0v) is 16.6. The minimum Gasteiger partial charge on any atom is -0.346 e. The Morgan fingerprint density at radius 3 is 2.07 bits per heavy atom. The van der Waals surface area contributed by atoms with E-state index in [9.17, 15) is 8.42 Å². The first-order valence-corrected chi connectivity index (χ1v) is 10.3. The Morgan fingerprint density at radius 2 is 1.56 bits per heavy atom. The Morgan fingerprint density at radius 1 is 0.963 bits per heavy atom. The summed E-state index contributed by atoms with van der Waals surface area (Å²) in [4.78, 5) is 0.103. The molecule has 146 valence electrons. The van der Waals surface area contributed by atoms with Crippen molar-refractivity contribution in [1.82, 2.24) is 0 Å². The van der Waals surface area contributed by atoms with E-state index in [2.05, 4.69) is 6.58 Å². The second-order valence-corrected chi connectivity index (χ2v) is 7.40. The number of ether oxygens (including phenoxy) is 2. The van der Waals surface area contributed by atoms with Crippen LogP contribution in [-0.4, -0.2) is 28.2 Å². The van der Waals surface area contributed by atoms with E-state index in [1.165, 1.54) is 12.1 Å². The van der Waals surface area contributed by atoms with E-state index in [0.29, 0.717) is 13.2 Å². The first-order chi connectivity index (χ1) is 13.0. The fraction of sp³-hybridized carbons (Fsp3) is 0.333. The first kappa shape index (κ1) is 21.3. The van der Waals surface area contributed by atoms with Gasteiger partial charge in [0.1, 0.15) is 0 Å². The third kappa shape index (κ3) is 5.49. The van der Waals surface area contributed by atoms with Crippen molar-refractivity contribution in [2.24, 2.45) is 0 Å². The Hall–Kier alpha value is -1.99. The summed E-state index contributed by atoms with van der Waals surface area (Å²) in [5.41, 5.74) is 1.66. The van der Waals surface area contributed by atoms with Gasteiger partial charge in [-0.15, -0.1) is 0 Å². The fourth-order valence-corrected chi connectivity index (χ4v) is 3.69. The monoisotopic (exact) mass is 390 g/mol. The quantitative estimate of drug-likeness (QED) is 0.422. The van der Waals surface area contributed by atoms with Gasteiger partial charge < -0.3 is 9.47 Å². The highest BCUT2D eigenvalue weighted by molar-refractivity contribution is 7.86. The van der Waals surface area contributed by atoms with E-state index in [0.717, 1.165) is 11.1 Å². The van der Waals surface area contributed by atoms with Crippen LogP contribution in [0.5, 0.6) is 0 Å². The molecule has 0 radical (unpaired) electrons. The highest BCUT2D eigenvalue weighted by Gasteiger charge is 2.34. The average Bonchev–Trinajstić information content (AvgIpc) is 2.69. The summed E-state index contributed by atoms with van der Waals surface area (Å²) in [6.45, 7) is 8.17. The predicted octanol–water partition coefficient (Wildman–Crippen LogP) is 4.35. The molecule has 0 fully saturated rings. The second-order valence-electron chi connectivity index (χ2n) is 5.78. The normalized spacial score (nSPS) is 12.1. The lowest BCUT2D eigenvalue weighted by molar-refractivity contribution is -0.249. The predicted molar refractivity (Wildman–Crippen MR) is 106 cm³/mol. The van der Waals surface area contributed by atoms with Crippen LogP contribution in [0.1, 0.15) is 31.4 Å². The molecule has 0 aliphatic rings. The van der Waals surface area contributed by atoms with Crippen molar-refractivity contribution in [2.45, 2.75) is 31.0 Å². The Kier molecular flexibility index (Phi) is 7.74. The largest absolute Gasteiger partial charge is 0.346 e. The van der Waals surface area contributed by atoms with E-state index in [-0.39, 0.29) is 17.9 Å². The summed E-state index contributed by atoms with van der Waals surface area (Å²) in [6.07, 6.45) is 1.89.